The molecule has 0 heterocycles. The fraction of sp³-hybridized carbons (Fsp3) is 0.333. The molecule has 0 spiro atoms. The summed E-state index contributed by atoms with van der Waals surface area (Å²) in [4.78, 5) is 24.8. The highest BCUT2D eigenvalue weighted by Crippen LogP contribution is 2.22. The third-order valence-electron chi connectivity index (χ3n) is 2.48. The molecule has 0 unspecified atom stereocenters. The molecule has 2 amide bonds. The predicted octanol–water partition coefficient (Wildman–Crippen LogP) is 2.31. The summed E-state index contributed by atoms with van der Waals surface area (Å²) in [5.41, 5.74) is 0.426. The maximum Gasteiger partial charge on any atom is 0.251 e. The molecule has 0 atom stereocenters. The molecule has 1 aromatic carbocycles. The zero-order valence-electron chi connectivity index (χ0n) is 10.2. The molecule has 1 N–H and O–H groups in total. The Labute approximate surface area is 119 Å². The number of nitrogens with zero attached hydrogens (tertiary/aromatic N) is 1. The number of rotatable bonds is 4. The first kappa shape index (κ1) is 15.0. The number of amides is 2. The van der Waals surface area contributed by atoms with Gasteiger partial charge in [0.25, 0.3) is 5.91 Å². The van der Waals surface area contributed by atoms with Crippen molar-refractivity contribution >= 4 is 39.3 Å². The summed E-state index contributed by atoms with van der Waals surface area (Å²) < 4.78 is 0.725. The number of halogens is 2. The second kappa shape index (κ2) is 6.75. The number of hydrogen-bond acceptors (Lipinski definition) is 2. The lowest BCUT2D eigenvalue weighted by atomic mass is 10.2. The van der Waals surface area contributed by atoms with Crippen molar-refractivity contribution in [3.05, 3.63) is 33.3 Å². The van der Waals surface area contributed by atoms with E-state index in [0.29, 0.717) is 17.1 Å². The van der Waals surface area contributed by atoms with Crippen molar-refractivity contribution in [1.29, 1.82) is 0 Å². The Kier molecular flexibility index (Phi) is 5.62. The summed E-state index contributed by atoms with van der Waals surface area (Å²) in [6.45, 7) is 2.46. The van der Waals surface area contributed by atoms with Gasteiger partial charge in [-0.1, -0.05) is 11.6 Å². The van der Waals surface area contributed by atoms with Crippen LogP contribution in [0.2, 0.25) is 5.02 Å². The maximum atomic E-state index is 11.8. The Morgan fingerprint density at radius 3 is 2.67 bits per heavy atom. The fourth-order valence-electron chi connectivity index (χ4n) is 1.21. The molecule has 98 valence electrons. The molecule has 0 bridgehead atoms. The molecule has 0 aliphatic rings. The van der Waals surface area contributed by atoms with E-state index in [1.807, 2.05) is 6.92 Å². The molecule has 0 saturated carbocycles. The smallest absolute Gasteiger partial charge is 0.251 e. The highest BCUT2D eigenvalue weighted by Gasteiger charge is 2.11. The van der Waals surface area contributed by atoms with Crippen LogP contribution in [0.25, 0.3) is 0 Å². The molecular weight excluding hydrogens is 320 g/mol. The van der Waals surface area contributed by atoms with Gasteiger partial charge in [-0.2, -0.15) is 0 Å². The van der Waals surface area contributed by atoms with Crippen LogP contribution in [-0.2, 0) is 4.79 Å². The van der Waals surface area contributed by atoms with Crippen molar-refractivity contribution in [2.45, 2.75) is 6.92 Å². The first-order valence-electron chi connectivity index (χ1n) is 5.43. The normalized spacial score (nSPS) is 10.0. The summed E-state index contributed by atoms with van der Waals surface area (Å²) in [6.07, 6.45) is 0. The van der Waals surface area contributed by atoms with Crippen LogP contribution in [0.1, 0.15) is 17.3 Å². The number of hydrogen-bond donors (Lipinski definition) is 1. The molecule has 1 aromatic rings. The SMILES string of the molecule is CCN(C)C(=O)CNC(=O)c1ccc(Br)c(Cl)c1. The zero-order valence-corrected chi connectivity index (χ0v) is 12.5. The molecule has 0 radical (unpaired) electrons. The van der Waals surface area contributed by atoms with Gasteiger partial charge in [0.05, 0.1) is 11.6 Å². The van der Waals surface area contributed by atoms with Gasteiger partial charge in [-0.25, -0.2) is 0 Å². The van der Waals surface area contributed by atoms with E-state index in [-0.39, 0.29) is 18.4 Å². The summed E-state index contributed by atoms with van der Waals surface area (Å²) in [5.74, 6) is -0.448. The molecule has 0 aromatic heterocycles. The molecular formula is C12H14BrClN2O2. The first-order valence-corrected chi connectivity index (χ1v) is 6.60. The highest BCUT2D eigenvalue weighted by atomic mass is 79.9. The van der Waals surface area contributed by atoms with Crippen LogP contribution in [0.5, 0.6) is 0 Å². The molecule has 0 fully saturated rings. The third-order valence-corrected chi connectivity index (χ3v) is 3.71. The number of benzene rings is 1. The lowest BCUT2D eigenvalue weighted by Gasteiger charge is -2.14. The monoisotopic (exact) mass is 332 g/mol. The van der Waals surface area contributed by atoms with Crippen LogP contribution in [0.4, 0.5) is 0 Å². The second-order valence-electron chi connectivity index (χ2n) is 3.72. The van der Waals surface area contributed by atoms with Gasteiger partial charge in [0.2, 0.25) is 5.91 Å². The van der Waals surface area contributed by atoms with Gasteiger partial charge in [0, 0.05) is 23.6 Å². The van der Waals surface area contributed by atoms with E-state index >= 15 is 0 Å². The standard InChI is InChI=1S/C12H14BrClN2O2/c1-3-16(2)11(17)7-15-12(18)8-4-5-9(13)10(14)6-8/h4-6H,3,7H2,1-2H3,(H,15,18). The second-order valence-corrected chi connectivity index (χ2v) is 4.98. The molecule has 0 aliphatic carbocycles. The van der Waals surface area contributed by atoms with Crippen molar-refractivity contribution in [3.8, 4) is 0 Å². The van der Waals surface area contributed by atoms with E-state index in [9.17, 15) is 9.59 Å². The predicted molar refractivity (Wildman–Crippen MR) is 74.8 cm³/mol. The average molecular weight is 334 g/mol. The molecule has 4 nitrogen and oxygen atoms in total. The van der Waals surface area contributed by atoms with Gasteiger partial charge in [-0.05, 0) is 41.1 Å². The van der Waals surface area contributed by atoms with E-state index in [1.165, 1.54) is 4.90 Å². The molecule has 0 saturated heterocycles. The Hall–Kier alpha value is -1.07. The molecule has 1 rings (SSSR count). The Balaban J connectivity index is 2.60. The lowest BCUT2D eigenvalue weighted by Crippen LogP contribution is -2.37. The Morgan fingerprint density at radius 2 is 2.11 bits per heavy atom. The minimum Gasteiger partial charge on any atom is -0.345 e. The summed E-state index contributed by atoms with van der Waals surface area (Å²) in [6, 6.07) is 4.88. The van der Waals surface area contributed by atoms with Gasteiger partial charge >= 0.3 is 0 Å². The van der Waals surface area contributed by atoms with Crippen molar-refractivity contribution < 1.29 is 9.59 Å². The Bertz CT molecular complexity index is 465. The van der Waals surface area contributed by atoms with E-state index < -0.39 is 0 Å². The van der Waals surface area contributed by atoms with Crippen LogP contribution in [0, 0.1) is 0 Å². The van der Waals surface area contributed by atoms with Gasteiger partial charge in [0.1, 0.15) is 0 Å². The van der Waals surface area contributed by atoms with Gasteiger partial charge in [-0.3, -0.25) is 9.59 Å². The van der Waals surface area contributed by atoms with Gasteiger partial charge in [0.15, 0.2) is 0 Å². The largest absolute Gasteiger partial charge is 0.345 e. The number of likely N-dealkylation sites (N-methyl/N-ethyl adjacent to an activating group) is 1. The van der Waals surface area contributed by atoms with Crippen LogP contribution < -0.4 is 5.32 Å². The summed E-state index contributed by atoms with van der Waals surface area (Å²) in [7, 11) is 1.69. The molecule has 0 aliphatic heterocycles. The quantitative estimate of drug-likeness (QED) is 0.919. The fourth-order valence-corrected chi connectivity index (χ4v) is 1.63. The zero-order chi connectivity index (χ0) is 13.7. The lowest BCUT2D eigenvalue weighted by molar-refractivity contribution is -0.128. The van der Waals surface area contributed by atoms with Crippen LogP contribution in [0.3, 0.4) is 0 Å². The van der Waals surface area contributed by atoms with Crippen LogP contribution >= 0.6 is 27.5 Å². The van der Waals surface area contributed by atoms with Gasteiger partial charge in [-0.15, -0.1) is 0 Å². The van der Waals surface area contributed by atoms with Crippen molar-refractivity contribution in [1.82, 2.24) is 10.2 Å². The topological polar surface area (TPSA) is 49.4 Å². The van der Waals surface area contributed by atoms with E-state index in [1.54, 1.807) is 25.2 Å². The first-order chi connectivity index (χ1) is 8.45. The van der Waals surface area contributed by atoms with E-state index in [2.05, 4.69) is 21.2 Å². The minimum absolute atomic E-state index is 0.0170. The summed E-state index contributed by atoms with van der Waals surface area (Å²) in [5, 5.41) is 3.01. The van der Waals surface area contributed by atoms with Crippen molar-refractivity contribution in [2.75, 3.05) is 20.1 Å². The van der Waals surface area contributed by atoms with Crippen LogP contribution in [0.15, 0.2) is 22.7 Å². The van der Waals surface area contributed by atoms with E-state index in [4.69, 9.17) is 11.6 Å². The molecule has 6 heteroatoms. The van der Waals surface area contributed by atoms with Crippen molar-refractivity contribution in [3.63, 3.8) is 0 Å². The Morgan fingerprint density at radius 1 is 1.44 bits per heavy atom. The maximum absolute atomic E-state index is 11.8. The van der Waals surface area contributed by atoms with E-state index in [0.717, 1.165) is 4.47 Å². The summed E-state index contributed by atoms with van der Waals surface area (Å²) >= 11 is 9.14. The average Bonchev–Trinajstić information content (AvgIpc) is 2.37. The van der Waals surface area contributed by atoms with Gasteiger partial charge < -0.3 is 10.2 Å². The highest BCUT2D eigenvalue weighted by molar-refractivity contribution is 9.10. The number of nitrogens with one attached hydrogen (secondary N) is 1. The minimum atomic E-state index is -0.317. The third kappa shape index (κ3) is 3.99. The number of carbonyl (C=O) groups excluding carboxylic acids is 2. The van der Waals surface area contributed by atoms with Crippen molar-refractivity contribution in [2.24, 2.45) is 0 Å². The number of carbonyl (C=O) groups is 2. The molecule has 18 heavy (non-hydrogen) atoms. The van der Waals surface area contributed by atoms with Crippen LogP contribution in [-0.4, -0.2) is 36.9 Å².